The molecule has 0 aromatic carbocycles. The van der Waals surface area contributed by atoms with E-state index in [0.29, 0.717) is 19.8 Å². The molecule has 0 aromatic heterocycles. The van der Waals surface area contributed by atoms with Crippen molar-refractivity contribution in [2.45, 2.75) is 194 Å². The van der Waals surface area contributed by atoms with Crippen molar-refractivity contribution in [2.75, 3.05) is 55.4 Å². The van der Waals surface area contributed by atoms with Crippen molar-refractivity contribution in [3.8, 4) is 0 Å². The molecule has 0 unspecified atom stereocenters. The summed E-state index contributed by atoms with van der Waals surface area (Å²) in [6, 6.07) is 8.09. The van der Waals surface area contributed by atoms with Crippen LogP contribution < -0.4 is 0 Å². The van der Waals surface area contributed by atoms with Gasteiger partial charge in [-0.15, -0.1) is 0 Å². The quantitative estimate of drug-likeness (QED) is 0.0662. The van der Waals surface area contributed by atoms with E-state index in [2.05, 4.69) is 111 Å². The molecule has 0 aliphatic carbocycles. The molecule has 0 bridgehead atoms. The van der Waals surface area contributed by atoms with Gasteiger partial charge >= 0.3 is 26.2 Å². The van der Waals surface area contributed by atoms with Crippen LogP contribution in [-0.4, -0.2) is 164 Å². The summed E-state index contributed by atoms with van der Waals surface area (Å²) in [5, 5.41) is 0. The van der Waals surface area contributed by atoms with Crippen molar-refractivity contribution >= 4 is 104 Å². The van der Waals surface area contributed by atoms with Crippen LogP contribution in [-0.2, 0) is 51.9 Å². The minimum Gasteiger partial charge on any atom is -0.458 e. The van der Waals surface area contributed by atoms with Crippen LogP contribution in [0.25, 0.3) is 0 Å². The summed E-state index contributed by atoms with van der Waals surface area (Å²) in [5.41, 5.74) is 0. The molecule has 0 saturated carbocycles. The highest BCUT2D eigenvalue weighted by atomic mass is 28.4. The van der Waals surface area contributed by atoms with E-state index in [4.69, 9.17) is 51.9 Å². The highest BCUT2D eigenvalue weighted by Crippen LogP contribution is 2.26. The van der Waals surface area contributed by atoms with E-state index >= 15 is 0 Å². The Labute approximate surface area is 406 Å². The molecule has 0 radical (unpaired) electrons. The second-order valence-electron chi connectivity index (χ2n) is 20.3. The standard InChI is InChI=1S/C12H32O4Si3.C9H26O4Si3.C9H26O3Si3.C8H24O2Si3/c1-8-13-19(14-9-2,15-10-3)12-11-18(6,7)16-17(4)5;1-10-16(11-2,12-3)9-8-15(6,7)13-14(4)5;1-10-15(7,11-2)9-8-14(5,6)12-13(3)4;1-11(2)10-13(5,6)8-7-12(3,4)9/h17H,8-12H2,1-7H3;14H,8-9H2,1-7H3;13H,8-9H2,1-7H3;9,11H,7-8H2,1-6H3. The lowest BCUT2D eigenvalue weighted by Crippen LogP contribution is -2.48. The number of hydrogen-bond acceptors (Lipinski definition) is 13. The fraction of sp³-hybridized carbons (Fsp3) is 1.00. The van der Waals surface area contributed by atoms with Crippen LogP contribution in [0.1, 0.15) is 20.8 Å². The third kappa shape index (κ3) is 41.6. The Morgan fingerprint density at radius 3 is 0.778 bits per heavy atom. The molecular formula is C38H108O13Si12. The van der Waals surface area contributed by atoms with Gasteiger partial charge in [-0.3, -0.25) is 0 Å². The van der Waals surface area contributed by atoms with Crippen molar-refractivity contribution < 1.29 is 56.7 Å². The topological polar surface area (TPSA) is 131 Å². The molecule has 0 saturated heterocycles. The first kappa shape index (κ1) is 71.6. The summed E-state index contributed by atoms with van der Waals surface area (Å²) < 4.78 is 69.3. The second kappa shape index (κ2) is 35.2. The second-order valence-corrected chi connectivity index (χ2v) is 62.1. The highest BCUT2D eigenvalue weighted by molar-refractivity contribution is 6.81. The Hall–Kier alpha value is 2.08. The van der Waals surface area contributed by atoms with Gasteiger partial charge in [-0.1, -0.05) is 0 Å². The molecule has 1 N–H and O–H groups in total. The fourth-order valence-corrected chi connectivity index (χ4v) is 49.0. The molecule has 0 fully saturated rings. The van der Waals surface area contributed by atoms with Gasteiger partial charge in [-0.2, -0.15) is 0 Å². The monoisotopic (exact) mass is 1110 g/mol. The SMILES string of the molecule is CCO[Si](CC[Si](C)(C)O[SiH](C)C)(OCC)OCC.CO[Si](C)(CC[Si](C)(C)O[SiH](C)C)OC.CO[Si](CC[Si](C)(C)O[SiH](C)C)(OC)OC.C[SiH](C)O[Si](C)(C)CC[Si](C)(C)O. The van der Waals surface area contributed by atoms with Gasteiger partial charge in [0.2, 0.25) is 0 Å². The molecule has 0 aliphatic rings. The Morgan fingerprint density at radius 2 is 0.571 bits per heavy atom. The lowest BCUT2D eigenvalue weighted by molar-refractivity contribution is 0.0723. The Kier molecular flexibility index (Phi) is 40.1. The molecule has 0 aromatic rings. The predicted molar refractivity (Wildman–Crippen MR) is 301 cm³/mol. The lowest BCUT2D eigenvalue weighted by atomic mass is 10.9. The zero-order chi connectivity index (χ0) is 50.6. The van der Waals surface area contributed by atoms with E-state index in [-0.39, 0.29) is 0 Å². The van der Waals surface area contributed by atoms with Crippen molar-refractivity contribution in [1.29, 1.82) is 0 Å². The van der Waals surface area contributed by atoms with E-state index in [9.17, 15) is 4.80 Å². The van der Waals surface area contributed by atoms with Crippen LogP contribution >= 0.6 is 0 Å². The normalized spacial score (nSPS) is 13.5. The van der Waals surface area contributed by atoms with Crippen molar-refractivity contribution in [1.82, 2.24) is 0 Å². The largest absolute Gasteiger partial charge is 0.500 e. The molecule has 0 aliphatic heterocycles. The van der Waals surface area contributed by atoms with Gasteiger partial charge in [0.05, 0.1) is 0 Å². The Balaban J connectivity index is -0.000000372. The Morgan fingerprint density at radius 1 is 0.333 bits per heavy atom. The van der Waals surface area contributed by atoms with E-state index in [1.807, 2.05) is 33.9 Å². The summed E-state index contributed by atoms with van der Waals surface area (Å²) in [6.45, 7) is 50.0. The summed E-state index contributed by atoms with van der Waals surface area (Å²) >= 11 is 0. The first-order valence-corrected chi connectivity index (χ1v) is 56.7. The third-order valence-corrected chi connectivity index (χ3v) is 45.4. The first-order chi connectivity index (χ1) is 28.5. The predicted octanol–water partition coefficient (Wildman–Crippen LogP) is 10.3. The van der Waals surface area contributed by atoms with Crippen LogP contribution in [0.4, 0.5) is 0 Å². The van der Waals surface area contributed by atoms with Crippen LogP contribution in [0.2, 0.25) is 173 Å². The molecule has 0 amide bonds. The Bertz CT molecular complexity index is 1070. The van der Waals surface area contributed by atoms with Crippen LogP contribution in [0.5, 0.6) is 0 Å². The van der Waals surface area contributed by atoms with Crippen LogP contribution in [0.15, 0.2) is 0 Å². The molecule has 63 heavy (non-hydrogen) atoms. The van der Waals surface area contributed by atoms with Crippen molar-refractivity contribution in [2.24, 2.45) is 0 Å². The molecule has 0 spiro atoms. The summed E-state index contributed by atoms with van der Waals surface area (Å²) in [5.74, 6) is 0. The zero-order valence-corrected chi connectivity index (χ0v) is 59.1. The van der Waals surface area contributed by atoms with Gasteiger partial charge in [0, 0.05) is 67.5 Å². The average Bonchev–Trinajstić information content (AvgIpc) is 3.12. The maximum atomic E-state index is 9.73. The highest BCUT2D eigenvalue weighted by Gasteiger charge is 2.43. The minimum atomic E-state index is -2.49. The number of hydrogen-bond donors (Lipinski definition) is 1. The van der Waals surface area contributed by atoms with Gasteiger partial charge in [-0.05, 0) is 181 Å². The molecule has 13 nitrogen and oxygen atoms in total. The number of rotatable bonds is 31. The first-order valence-electron chi connectivity index (χ1n) is 23.6. The molecule has 0 heterocycles. The van der Waals surface area contributed by atoms with Crippen molar-refractivity contribution in [3.05, 3.63) is 0 Å². The maximum Gasteiger partial charge on any atom is 0.500 e. The van der Waals surface area contributed by atoms with Crippen LogP contribution in [0, 0.1) is 0 Å². The van der Waals surface area contributed by atoms with Gasteiger partial charge in [-0.25, -0.2) is 0 Å². The van der Waals surface area contributed by atoms with Crippen LogP contribution in [0.3, 0.4) is 0 Å². The molecule has 25 heteroatoms. The van der Waals surface area contributed by atoms with Crippen molar-refractivity contribution in [3.63, 3.8) is 0 Å². The molecule has 0 atom stereocenters. The van der Waals surface area contributed by atoms with Gasteiger partial charge in [0.25, 0.3) is 0 Å². The molecule has 0 rings (SSSR count). The van der Waals surface area contributed by atoms with E-state index < -0.39 is 104 Å². The summed E-state index contributed by atoms with van der Waals surface area (Å²) in [7, 11) is -9.95. The minimum absolute atomic E-state index is 0.647. The lowest BCUT2D eigenvalue weighted by Gasteiger charge is -2.32. The van der Waals surface area contributed by atoms with Gasteiger partial charge in [0.15, 0.2) is 77.7 Å². The fourth-order valence-electron chi connectivity index (χ4n) is 6.68. The molecule has 386 valence electrons. The summed E-state index contributed by atoms with van der Waals surface area (Å²) in [6.07, 6.45) is 0. The zero-order valence-electron chi connectivity index (χ0n) is 46.4. The maximum absolute atomic E-state index is 9.73. The average molecular weight is 1110 g/mol. The van der Waals surface area contributed by atoms with E-state index in [1.165, 1.54) is 0 Å². The summed E-state index contributed by atoms with van der Waals surface area (Å²) in [4.78, 5) is 9.73. The van der Waals surface area contributed by atoms with Gasteiger partial charge in [0.1, 0.15) is 0 Å². The smallest absolute Gasteiger partial charge is 0.458 e. The molecular weight excluding hydrogens is 1000 g/mol. The van der Waals surface area contributed by atoms with E-state index in [0.717, 1.165) is 48.4 Å². The van der Waals surface area contributed by atoms with E-state index in [1.54, 1.807) is 35.5 Å². The van der Waals surface area contributed by atoms with Gasteiger partial charge < -0.3 is 56.7 Å². The third-order valence-electron chi connectivity index (χ3n) is 9.69.